The van der Waals surface area contributed by atoms with Gasteiger partial charge in [-0.2, -0.15) is 0 Å². The normalized spacial score (nSPS) is 12.0. The predicted octanol–water partition coefficient (Wildman–Crippen LogP) is 35.3. The van der Waals surface area contributed by atoms with Gasteiger partial charge < -0.3 is 24.0 Å². The Morgan fingerprint density at radius 2 is 0.523 bits per heavy atom. The number of para-hydroxylation sites is 5. The standard InChI is InChI=1S/C59H44N2OSSi.C59H44N2S2Si/c1-64(2,3)45-31-26-41(27-32-45)60(40-18-8-5-9-19-40)44-30-35-52-57(38-44)63-59-51-34-29-42(36-53(51)47-21-10-11-23-50(47)58(52)59)61(54-24-14-12-20-46(54)39-16-6-4-7-17-39)43-28-33-49-48-22-13-15-25-55(48)62-56(49)37-43;1-64(2,3)45-31-26-41(27-32-45)60(40-18-8-5-9-19-40)44-29-34-51-57(38-44)63-59-50-33-28-42(36-52(50)47-21-10-11-23-49(47)58(51)59)61(54-24-14-12-20-46(54)39-16-6-4-7-17-39)43-30-35-56-53(37-43)48-22-13-15-25-55(48)62-56/h2*4-38H,1-3H3. The number of thiophene rings is 3. The van der Waals surface area contributed by atoms with Gasteiger partial charge in [-0.1, -0.05) is 317 Å². The van der Waals surface area contributed by atoms with Crippen LogP contribution in [0.5, 0.6) is 0 Å². The SMILES string of the molecule is C[Si](C)(C)c1ccc(N(c2ccccc2)c2ccc3c(c2)sc2c4ccc(N(c5ccc6c(c5)oc5ccccc56)c5ccccc5-c5ccccc5)cc4c4ccccc4c32)cc1.C[Si](C)(C)c1ccc(N(c2ccccc2)c2ccc3c(c2)sc2c4ccc(N(c5ccc6sc7ccccc7c6c5)c5ccccc5-c5ccccc5)cc4c4ccccc4c32)cc1. The van der Waals surface area contributed by atoms with Crippen LogP contribution in [-0.2, 0) is 0 Å². The number of hydrogen-bond donors (Lipinski definition) is 0. The van der Waals surface area contributed by atoms with Crippen molar-refractivity contribution in [1.82, 2.24) is 0 Å². The first-order valence-electron chi connectivity index (χ1n) is 44.0. The van der Waals surface area contributed by atoms with E-state index in [0.717, 1.165) is 90.1 Å². The van der Waals surface area contributed by atoms with E-state index in [9.17, 15) is 0 Å². The van der Waals surface area contributed by atoms with Gasteiger partial charge in [0.1, 0.15) is 11.2 Å². The Labute approximate surface area is 758 Å². The van der Waals surface area contributed by atoms with Crippen molar-refractivity contribution in [2.45, 2.75) is 39.3 Å². The van der Waals surface area contributed by atoms with E-state index in [1.165, 1.54) is 136 Å². The summed E-state index contributed by atoms with van der Waals surface area (Å²) < 4.78 is 14.3. The monoisotopic (exact) mass is 1730 g/mol. The quantitative estimate of drug-likeness (QED) is 0.0710. The van der Waals surface area contributed by atoms with Gasteiger partial charge in [0, 0.05) is 156 Å². The Morgan fingerprint density at radius 1 is 0.195 bits per heavy atom. The zero-order valence-corrected chi connectivity index (χ0v) is 76.3. The molecular formula is C118H88N4OS3Si2. The molecular weight excluding hydrogens is 1640 g/mol. The largest absolute Gasteiger partial charge is 0.456 e. The molecule has 20 aromatic carbocycles. The van der Waals surface area contributed by atoms with Gasteiger partial charge >= 0.3 is 0 Å². The molecule has 0 aliphatic rings. The topological polar surface area (TPSA) is 26.1 Å². The van der Waals surface area contributed by atoms with Crippen molar-refractivity contribution < 1.29 is 4.42 Å². The van der Waals surface area contributed by atoms with Crippen LogP contribution in [0.1, 0.15) is 0 Å². The van der Waals surface area contributed by atoms with Crippen LogP contribution in [0.2, 0.25) is 39.3 Å². The average Bonchev–Trinajstić information content (AvgIpc) is 1.53. The zero-order valence-electron chi connectivity index (χ0n) is 71.8. The van der Waals surface area contributed by atoms with Crippen molar-refractivity contribution >= 4 is 254 Å². The highest BCUT2D eigenvalue weighted by Crippen LogP contribution is 2.53. The molecule has 24 aromatic rings. The van der Waals surface area contributed by atoms with Gasteiger partial charge in [0.15, 0.2) is 0 Å². The molecule has 0 aliphatic heterocycles. The van der Waals surface area contributed by atoms with E-state index in [2.05, 4.69) is 471 Å². The summed E-state index contributed by atoms with van der Waals surface area (Å²) in [6.45, 7) is 14.5. The highest BCUT2D eigenvalue weighted by molar-refractivity contribution is 7.27. The molecule has 4 aromatic heterocycles. The molecule has 612 valence electrons. The Balaban J connectivity index is 0.000000146. The fourth-order valence-corrected chi connectivity index (χ4v) is 25.3. The molecule has 0 bridgehead atoms. The van der Waals surface area contributed by atoms with E-state index in [1.54, 1.807) is 0 Å². The van der Waals surface area contributed by atoms with Crippen molar-refractivity contribution in [2.75, 3.05) is 19.6 Å². The summed E-state index contributed by atoms with van der Waals surface area (Å²) in [6, 6.07) is 156. The molecule has 10 heteroatoms. The molecule has 0 amide bonds. The van der Waals surface area contributed by atoms with Crippen LogP contribution < -0.4 is 30.0 Å². The predicted molar refractivity (Wildman–Crippen MR) is 564 cm³/mol. The molecule has 0 fully saturated rings. The number of nitrogens with zero attached hydrogens (tertiary/aromatic N) is 4. The van der Waals surface area contributed by atoms with Crippen LogP contribution in [-0.4, -0.2) is 16.1 Å². The van der Waals surface area contributed by atoms with Crippen molar-refractivity contribution in [2.24, 2.45) is 0 Å². The summed E-state index contributed by atoms with van der Waals surface area (Å²) in [6.07, 6.45) is 0. The van der Waals surface area contributed by atoms with Crippen LogP contribution >= 0.6 is 34.0 Å². The summed E-state index contributed by atoms with van der Waals surface area (Å²) in [5.41, 5.74) is 20.0. The number of hydrogen-bond acceptors (Lipinski definition) is 8. The first kappa shape index (κ1) is 78.3. The lowest BCUT2D eigenvalue weighted by atomic mass is 9.96. The second-order valence-electron chi connectivity index (χ2n) is 35.5. The Bertz CT molecular complexity index is 8420. The highest BCUT2D eigenvalue weighted by Gasteiger charge is 2.28. The van der Waals surface area contributed by atoms with Crippen LogP contribution in [0.15, 0.2) is 429 Å². The number of rotatable bonds is 16. The van der Waals surface area contributed by atoms with E-state index >= 15 is 0 Å². The molecule has 0 atom stereocenters. The van der Waals surface area contributed by atoms with Gasteiger partial charge in [-0.15, -0.1) is 34.0 Å². The lowest BCUT2D eigenvalue weighted by Crippen LogP contribution is -2.37. The summed E-state index contributed by atoms with van der Waals surface area (Å²) >= 11 is 5.67. The minimum absolute atomic E-state index is 0.868. The lowest BCUT2D eigenvalue weighted by Gasteiger charge is -2.28. The summed E-state index contributed by atoms with van der Waals surface area (Å²) in [7, 11) is -2.90. The van der Waals surface area contributed by atoms with Crippen molar-refractivity contribution in [3.05, 3.63) is 425 Å². The molecule has 0 radical (unpaired) electrons. The van der Waals surface area contributed by atoms with Crippen molar-refractivity contribution in [3.63, 3.8) is 0 Å². The molecule has 128 heavy (non-hydrogen) atoms. The van der Waals surface area contributed by atoms with E-state index in [4.69, 9.17) is 4.42 Å². The first-order chi connectivity index (χ1) is 62.7. The number of furan rings is 1. The van der Waals surface area contributed by atoms with E-state index < -0.39 is 16.1 Å². The lowest BCUT2D eigenvalue weighted by molar-refractivity contribution is 0.669. The Hall–Kier alpha value is -14.5. The maximum absolute atomic E-state index is 6.50. The molecule has 4 heterocycles. The molecule has 0 saturated carbocycles. The van der Waals surface area contributed by atoms with Crippen LogP contribution in [0.4, 0.5) is 68.2 Å². The first-order valence-corrected chi connectivity index (χ1v) is 53.4. The molecule has 24 rings (SSSR count). The van der Waals surface area contributed by atoms with Gasteiger partial charge in [-0.25, -0.2) is 0 Å². The Morgan fingerprint density at radius 3 is 0.992 bits per heavy atom. The third-order valence-corrected chi connectivity index (χ3v) is 33.2. The minimum Gasteiger partial charge on any atom is -0.456 e. The summed E-state index contributed by atoms with van der Waals surface area (Å²) in [5, 5.41) is 23.0. The number of fused-ring (bicyclic) bond motifs is 22. The van der Waals surface area contributed by atoms with Gasteiger partial charge in [0.2, 0.25) is 0 Å². The third kappa shape index (κ3) is 13.9. The van der Waals surface area contributed by atoms with Gasteiger partial charge in [-0.3, -0.25) is 0 Å². The van der Waals surface area contributed by atoms with Gasteiger partial charge in [0.25, 0.3) is 0 Å². The molecule has 0 saturated heterocycles. The molecule has 0 spiro atoms. The second kappa shape index (κ2) is 31.9. The van der Waals surface area contributed by atoms with Gasteiger partial charge in [0.05, 0.1) is 27.5 Å². The van der Waals surface area contributed by atoms with Crippen LogP contribution in [0.25, 0.3) is 148 Å². The maximum atomic E-state index is 6.50. The molecule has 0 N–H and O–H groups in total. The highest BCUT2D eigenvalue weighted by atomic mass is 32.1. The van der Waals surface area contributed by atoms with Crippen molar-refractivity contribution in [3.8, 4) is 22.3 Å². The Kier molecular flexibility index (Phi) is 19.5. The van der Waals surface area contributed by atoms with Crippen LogP contribution in [0.3, 0.4) is 0 Å². The molecule has 5 nitrogen and oxygen atoms in total. The number of anilines is 12. The summed E-state index contributed by atoms with van der Waals surface area (Å²) in [4.78, 5) is 9.67. The average molecular weight is 1730 g/mol. The fourth-order valence-electron chi connectivity index (χ4n) is 19.3. The van der Waals surface area contributed by atoms with E-state index in [1.807, 2.05) is 46.1 Å². The third-order valence-electron chi connectivity index (χ3n) is 25.6. The minimum atomic E-state index is -1.45. The number of benzene rings is 20. The smallest absolute Gasteiger partial charge is 0.137 e. The summed E-state index contributed by atoms with van der Waals surface area (Å²) in [5.74, 6) is 0. The van der Waals surface area contributed by atoms with Crippen LogP contribution in [0, 0.1) is 0 Å². The van der Waals surface area contributed by atoms with E-state index in [-0.39, 0.29) is 0 Å². The fraction of sp³-hybridized carbons (Fsp3) is 0.0508. The maximum Gasteiger partial charge on any atom is 0.137 e. The van der Waals surface area contributed by atoms with Crippen molar-refractivity contribution in [1.29, 1.82) is 0 Å². The molecule has 0 aliphatic carbocycles. The van der Waals surface area contributed by atoms with E-state index in [0.29, 0.717) is 0 Å². The molecule has 0 unspecified atom stereocenters. The van der Waals surface area contributed by atoms with Gasteiger partial charge in [-0.05, 0) is 195 Å². The zero-order chi connectivity index (χ0) is 85.9. The second-order valence-corrected chi connectivity index (χ2v) is 48.8.